The molecule has 0 saturated carbocycles. The van der Waals surface area contributed by atoms with Crippen LogP contribution < -0.4 is 0 Å². The second kappa shape index (κ2) is 8.27. The third-order valence-corrected chi connectivity index (χ3v) is 5.01. The molecule has 0 radical (unpaired) electrons. The van der Waals surface area contributed by atoms with Gasteiger partial charge in [-0.05, 0) is 37.5 Å². The van der Waals surface area contributed by atoms with E-state index in [1.807, 2.05) is 6.92 Å². The van der Waals surface area contributed by atoms with Crippen LogP contribution in [0.3, 0.4) is 0 Å². The first kappa shape index (κ1) is 19.4. The van der Waals surface area contributed by atoms with Gasteiger partial charge in [-0.2, -0.15) is 0 Å². The maximum absolute atomic E-state index is 12.7. The molecule has 0 bridgehead atoms. The van der Waals surface area contributed by atoms with Crippen LogP contribution in [0.5, 0.6) is 0 Å². The normalized spacial score (nSPS) is 27.7. The highest BCUT2D eigenvalue weighted by molar-refractivity contribution is 5.89. The molecular formula is C18H28O5. The lowest BCUT2D eigenvalue weighted by Crippen LogP contribution is -2.33. The average Bonchev–Trinajstić information content (AvgIpc) is 2.41. The van der Waals surface area contributed by atoms with E-state index >= 15 is 0 Å². The molecule has 0 amide bonds. The fraction of sp³-hybridized carbons (Fsp3) is 0.722. The van der Waals surface area contributed by atoms with E-state index in [9.17, 15) is 14.4 Å². The van der Waals surface area contributed by atoms with Crippen LogP contribution >= 0.6 is 0 Å². The van der Waals surface area contributed by atoms with Crippen LogP contribution in [0, 0.1) is 23.2 Å². The van der Waals surface area contributed by atoms with Gasteiger partial charge in [0.25, 0.3) is 0 Å². The van der Waals surface area contributed by atoms with E-state index in [0.717, 1.165) is 19.3 Å². The van der Waals surface area contributed by atoms with Crippen LogP contribution in [0.25, 0.3) is 0 Å². The first-order chi connectivity index (χ1) is 10.7. The SMILES string of the molecule is CC(C)C1/C=C/CCC(C)(C(=O)CC(CC(=O)O)C(=O)O)CC1. The number of carbonyl (C=O) groups is 3. The Balaban J connectivity index is 2.81. The van der Waals surface area contributed by atoms with Crippen molar-refractivity contribution in [3.63, 3.8) is 0 Å². The topological polar surface area (TPSA) is 91.7 Å². The molecule has 0 aromatic carbocycles. The van der Waals surface area contributed by atoms with Gasteiger partial charge in [-0.25, -0.2) is 0 Å². The van der Waals surface area contributed by atoms with E-state index < -0.39 is 29.7 Å². The number of aliphatic carboxylic acids is 2. The lowest BCUT2D eigenvalue weighted by Gasteiger charge is -2.32. The summed E-state index contributed by atoms with van der Waals surface area (Å²) in [5, 5.41) is 18.0. The van der Waals surface area contributed by atoms with Crippen molar-refractivity contribution in [3.8, 4) is 0 Å². The van der Waals surface area contributed by atoms with Crippen molar-refractivity contribution in [2.45, 2.75) is 59.3 Å². The molecule has 5 nitrogen and oxygen atoms in total. The third-order valence-electron chi connectivity index (χ3n) is 5.01. The van der Waals surface area contributed by atoms with Crippen LogP contribution in [0.15, 0.2) is 12.2 Å². The van der Waals surface area contributed by atoms with Gasteiger partial charge in [0.05, 0.1) is 12.3 Å². The molecule has 1 aliphatic carbocycles. The third kappa shape index (κ3) is 5.81. The number of carboxylic acids is 2. The highest BCUT2D eigenvalue weighted by Crippen LogP contribution is 2.37. The monoisotopic (exact) mass is 324 g/mol. The number of hydrogen-bond donors (Lipinski definition) is 2. The van der Waals surface area contributed by atoms with E-state index in [1.165, 1.54) is 0 Å². The molecule has 2 N–H and O–H groups in total. The molecular weight excluding hydrogens is 296 g/mol. The summed E-state index contributed by atoms with van der Waals surface area (Å²) in [5.41, 5.74) is -0.565. The molecule has 0 saturated heterocycles. The summed E-state index contributed by atoms with van der Waals surface area (Å²) in [6.07, 6.45) is 6.72. The first-order valence-electron chi connectivity index (χ1n) is 8.30. The van der Waals surface area contributed by atoms with Crippen molar-refractivity contribution in [1.29, 1.82) is 0 Å². The number of hydrogen-bond acceptors (Lipinski definition) is 3. The molecule has 130 valence electrons. The Hall–Kier alpha value is -1.65. The van der Waals surface area contributed by atoms with Crippen molar-refractivity contribution < 1.29 is 24.6 Å². The minimum atomic E-state index is -1.21. The summed E-state index contributed by atoms with van der Waals surface area (Å²) in [4.78, 5) is 34.7. The van der Waals surface area contributed by atoms with Gasteiger partial charge in [-0.3, -0.25) is 14.4 Å². The van der Waals surface area contributed by atoms with Crippen molar-refractivity contribution in [3.05, 3.63) is 12.2 Å². The summed E-state index contributed by atoms with van der Waals surface area (Å²) < 4.78 is 0. The molecule has 3 atom stereocenters. The van der Waals surface area contributed by atoms with Gasteiger partial charge in [0.2, 0.25) is 0 Å². The van der Waals surface area contributed by atoms with Gasteiger partial charge >= 0.3 is 11.9 Å². The lowest BCUT2D eigenvalue weighted by atomic mass is 9.71. The predicted molar refractivity (Wildman–Crippen MR) is 87.0 cm³/mol. The van der Waals surface area contributed by atoms with Gasteiger partial charge in [0.15, 0.2) is 0 Å². The minimum absolute atomic E-state index is 0.121. The zero-order chi connectivity index (χ0) is 17.6. The molecule has 3 unspecified atom stereocenters. The van der Waals surface area contributed by atoms with E-state index in [0.29, 0.717) is 18.3 Å². The highest BCUT2D eigenvalue weighted by Gasteiger charge is 2.36. The second-order valence-electron chi connectivity index (χ2n) is 7.23. The summed E-state index contributed by atoms with van der Waals surface area (Å²) in [6.45, 7) is 6.21. The maximum atomic E-state index is 12.7. The maximum Gasteiger partial charge on any atom is 0.307 e. The van der Waals surface area contributed by atoms with E-state index in [2.05, 4.69) is 26.0 Å². The van der Waals surface area contributed by atoms with E-state index in [1.54, 1.807) is 0 Å². The number of carboxylic acid groups (broad SMARTS) is 2. The Labute approximate surface area is 137 Å². The van der Waals surface area contributed by atoms with Crippen molar-refractivity contribution in [2.24, 2.45) is 23.2 Å². The summed E-state index contributed by atoms with van der Waals surface area (Å²) in [5.74, 6) is -2.73. The molecule has 0 aromatic heterocycles. The number of carbonyl (C=O) groups excluding carboxylic acids is 1. The Kier molecular flexibility index (Phi) is 6.98. The quantitative estimate of drug-likeness (QED) is 0.699. The fourth-order valence-corrected chi connectivity index (χ4v) is 3.14. The van der Waals surface area contributed by atoms with Crippen LogP contribution in [0.1, 0.15) is 59.3 Å². The van der Waals surface area contributed by atoms with Gasteiger partial charge in [-0.1, -0.05) is 32.9 Å². The Morgan fingerprint density at radius 3 is 2.35 bits per heavy atom. The Morgan fingerprint density at radius 2 is 1.83 bits per heavy atom. The smallest absolute Gasteiger partial charge is 0.307 e. The minimum Gasteiger partial charge on any atom is -0.481 e. The summed E-state index contributed by atoms with van der Waals surface area (Å²) in [7, 11) is 0. The van der Waals surface area contributed by atoms with Gasteiger partial charge in [0.1, 0.15) is 5.78 Å². The molecule has 1 aliphatic rings. The molecule has 0 aromatic rings. The van der Waals surface area contributed by atoms with E-state index in [4.69, 9.17) is 10.2 Å². The van der Waals surface area contributed by atoms with Gasteiger partial charge < -0.3 is 10.2 Å². The lowest BCUT2D eigenvalue weighted by molar-refractivity contribution is -0.150. The molecule has 1 rings (SSSR count). The fourth-order valence-electron chi connectivity index (χ4n) is 3.14. The first-order valence-corrected chi connectivity index (χ1v) is 8.30. The number of ketones is 1. The van der Waals surface area contributed by atoms with Crippen LogP contribution in [0.4, 0.5) is 0 Å². The van der Waals surface area contributed by atoms with Crippen molar-refractivity contribution in [2.75, 3.05) is 0 Å². The van der Waals surface area contributed by atoms with Crippen LogP contribution in [0.2, 0.25) is 0 Å². The molecule has 0 fully saturated rings. The Bertz CT molecular complexity index is 480. The molecule has 23 heavy (non-hydrogen) atoms. The largest absolute Gasteiger partial charge is 0.481 e. The predicted octanol–water partition coefficient (Wildman–Crippen LogP) is 3.53. The number of rotatable bonds is 7. The van der Waals surface area contributed by atoms with E-state index in [-0.39, 0.29) is 12.2 Å². The molecule has 0 aliphatic heterocycles. The highest BCUT2D eigenvalue weighted by atomic mass is 16.4. The Morgan fingerprint density at radius 1 is 1.17 bits per heavy atom. The second-order valence-corrected chi connectivity index (χ2v) is 7.23. The number of allylic oxidation sites excluding steroid dienone is 2. The zero-order valence-corrected chi connectivity index (χ0v) is 14.2. The summed E-state index contributed by atoms with van der Waals surface area (Å²) in [6, 6.07) is 0. The number of Topliss-reactive ketones (excluding diaryl/α,β-unsaturated/α-hetero) is 1. The molecule has 5 heteroatoms. The van der Waals surface area contributed by atoms with Crippen molar-refractivity contribution >= 4 is 17.7 Å². The molecule has 0 heterocycles. The van der Waals surface area contributed by atoms with Crippen LogP contribution in [-0.4, -0.2) is 27.9 Å². The van der Waals surface area contributed by atoms with Gasteiger partial charge in [0, 0.05) is 11.8 Å². The van der Waals surface area contributed by atoms with Crippen molar-refractivity contribution in [1.82, 2.24) is 0 Å². The standard InChI is InChI=1S/C18H28O5/c1-12(2)13-6-4-5-8-18(3,9-7-13)15(19)10-14(17(22)23)11-16(20)21/h4,6,12-14H,5,7-11H2,1-3H3,(H,20,21)(H,22,23)/b6-4+. The van der Waals surface area contributed by atoms with Gasteiger partial charge in [-0.15, -0.1) is 0 Å². The summed E-state index contributed by atoms with van der Waals surface area (Å²) >= 11 is 0. The molecule has 0 spiro atoms. The average molecular weight is 324 g/mol. The zero-order valence-electron chi connectivity index (χ0n) is 14.2. The van der Waals surface area contributed by atoms with Crippen LogP contribution in [-0.2, 0) is 14.4 Å².